The summed E-state index contributed by atoms with van der Waals surface area (Å²) in [5, 5.41) is 3.65. The van der Waals surface area contributed by atoms with Gasteiger partial charge in [-0.05, 0) is 19.1 Å². The lowest BCUT2D eigenvalue weighted by Gasteiger charge is -2.03. The maximum Gasteiger partial charge on any atom is 0.326 e. The number of rotatable bonds is 6. The number of hydrogen-bond acceptors (Lipinski definition) is 6. The molecule has 2 rings (SSSR count). The van der Waals surface area contributed by atoms with E-state index in [2.05, 4.69) is 10.5 Å². The van der Waals surface area contributed by atoms with E-state index in [1.807, 2.05) is 0 Å². The smallest absolute Gasteiger partial charge is 0.326 e. The number of nitrogens with one attached hydrogen (secondary N) is 1. The molecule has 1 N–H and O–H groups in total. The average molecular weight is 386 g/mol. The molecule has 2 aromatic rings. The molecule has 7 nitrogen and oxygen atoms in total. The topological polar surface area (TPSA) is 89.8 Å². The second-order valence-corrected chi connectivity index (χ2v) is 5.94. The number of amides is 1. The summed E-state index contributed by atoms with van der Waals surface area (Å²) < 4.78 is 19.3. The van der Waals surface area contributed by atoms with Gasteiger partial charge in [0.05, 0.1) is 23.3 Å². The molecule has 0 fully saturated rings. The van der Waals surface area contributed by atoms with Crippen molar-refractivity contribution in [3.05, 3.63) is 55.3 Å². The van der Waals surface area contributed by atoms with Gasteiger partial charge in [-0.25, -0.2) is 9.82 Å². The summed E-state index contributed by atoms with van der Waals surface area (Å²) in [6.45, 7) is 1.51. The molecular formula is C15H13ClFN3O4S. The summed E-state index contributed by atoms with van der Waals surface area (Å²) >= 11 is 6.78. The summed E-state index contributed by atoms with van der Waals surface area (Å²) in [5.41, 5.74) is 1.97. The zero-order valence-electron chi connectivity index (χ0n) is 13.0. The van der Waals surface area contributed by atoms with Crippen LogP contribution in [-0.2, 0) is 16.1 Å². The first-order valence-corrected chi connectivity index (χ1v) is 8.26. The largest absolute Gasteiger partial charge is 0.465 e. The molecule has 0 saturated heterocycles. The zero-order chi connectivity index (χ0) is 18.4. The van der Waals surface area contributed by atoms with Crippen LogP contribution >= 0.6 is 22.9 Å². The van der Waals surface area contributed by atoms with E-state index >= 15 is 0 Å². The fraction of sp³-hybridized carbons (Fsp3) is 0.200. The van der Waals surface area contributed by atoms with Crippen LogP contribution in [0.25, 0.3) is 0 Å². The van der Waals surface area contributed by atoms with Crippen molar-refractivity contribution in [3.8, 4) is 0 Å². The Morgan fingerprint density at radius 3 is 2.84 bits per heavy atom. The molecule has 0 unspecified atom stereocenters. The Morgan fingerprint density at radius 1 is 1.44 bits per heavy atom. The molecule has 0 spiro atoms. The molecular weight excluding hydrogens is 373 g/mol. The Hall–Kier alpha value is -2.52. The summed E-state index contributed by atoms with van der Waals surface area (Å²) in [7, 11) is 0. The van der Waals surface area contributed by atoms with Gasteiger partial charge in [-0.3, -0.25) is 19.0 Å². The standard InChI is InChI=1S/C15H13ClFN3O4S/c1-2-24-12(21)8-20-13(16)11(25-15(20)23)7-18-19-14(22)9-5-3-4-6-10(9)17/h3-7H,2,8H2,1H3,(H,19,22)/b18-7-. The second kappa shape index (κ2) is 8.54. The van der Waals surface area contributed by atoms with Gasteiger partial charge < -0.3 is 4.74 Å². The Morgan fingerprint density at radius 2 is 2.16 bits per heavy atom. The number of hydrazone groups is 1. The molecule has 0 radical (unpaired) electrons. The van der Waals surface area contributed by atoms with Crippen LogP contribution in [0.4, 0.5) is 4.39 Å². The molecule has 0 aliphatic carbocycles. The maximum absolute atomic E-state index is 13.5. The van der Waals surface area contributed by atoms with Crippen molar-refractivity contribution >= 4 is 41.0 Å². The number of thiazole rings is 1. The van der Waals surface area contributed by atoms with E-state index in [9.17, 15) is 18.8 Å². The van der Waals surface area contributed by atoms with Gasteiger partial charge in [0, 0.05) is 0 Å². The number of benzene rings is 1. The minimum absolute atomic E-state index is 0.00746. The monoisotopic (exact) mass is 385 g/mol. The van der Waals surface area contributed by atoms with Crippen molar-refractivity contribution in [1.82, 2.24) is 9.99 Å². The van der Waals surface area contributed by atoms with E-state index in [1.165, 1.54) is 18.2 Å². The highest BCUT2D eigenvalue weighted by Crippen LogP contribution is 2.16. The minimum atomic E-state index is -0.747. The van der Waals surface area contributed by atoms with E-state index < -0.39 is 22.6 Å². The van der Waals surface area contributed by atoms with Crippen molar-refractivity contribution in [2.45, 2.75) is 13.5 Å². The Kier molecular flexibility index (Phi) is 6.43. The lowest BCUT2D eigenvalue weighted by molar-refractivity contribution is -0.143. The second-order valence-electron chi connectivity index (χ2n) is 4.59. The minimum Gasteiger partial charge on any atom is -0.465 e. The zero-order valence-corrected chi connectivity index (χ0v) is 14.6. The highest BCUT2D eigenvalue weighted by Gasteiger charge is 2.15. The van der Waals surface area contributed by atoms with Gasteiger partial charge in [0.25, 0.3) is 5.91 Å². The number of carbonyl (C=O) groups excluding carboxylic acids is 2. The van der Waals surface area contributed by atoms with Gasteiger partial charge in [0.1, 0.15) is 17.5 Å². The third-order valence-corrected chi connectivity index (χ3v) is 4.35. The Labute approximate surface area is 150 Å². The summed E-state index contributed by atoms with van der Waals surface area (Å²) in [4.78, 5) is 34.9. The molecule has 10 heteroatoms. The van der Waals surface area contributed by atoms with Crippen LogP contribution in [0, 0.1) is 5.82 Å². The summed E-state index contributed by atoms with van der Waals surface area (Å²) in [6.07, 6.45) is 1.15. The number of ether oxygens (including phenoxy) is 1. The fourth-order valence-electron chi connectivity index (χ4n) is 1.81. The van der Waals surface area contributed by atoms with Gasteiger partial charge in [-0.2, -0.15) is 5.10 Å². The molecule has 1 aromatic carbocycles. The number of halogens is 2. The highest BCUT2D eigenvalue weighted by atomic mass is 35.5. The molecule has 25 heavy (non-hydrogen) atoms. The molecule has 0 bridgehead atoms. The van der Waals surface area contributed by atoms with E-state index in [0.717, 1.165) is 28.2 Å². The SMILES string of the molecule is CCOC(=O)Cn1c(Cl)c(/C=N\NC(=O)c2ccccc2F)sc1=O. The lowest BCUT2D eigenvalue weighted by Crippen LogP contribution is -2.21. The van der Waals surface area contributed by atoms with Crippen LogP contribution < -0.4 is 10.3 Å². The predicted octanol–water partition coefficient (Wildman–Crippen LogP) is 2.03. The number of hydrogen-bond donors (Lipinski definition) is 1. The molecule has 1 amide bonds. The first kappa shape index (κ1) is 18.8. The third kappa shape index (κ3) is 4.74. The highest BCUT2D eigenvalue weighted by molar-refractivity contribution is 7.11. The van der Waals surface area contributed by atoms with Crippen LogP contribution in [0.5, 0.6) is 0 Å². The van der Waals surface area contributed by atoms with E-state index in [-0.39, 0.29) is 28.7 Å². The van der Waals surface area contributed by atoms with Crippen LogP contribution in [0.2, 0.25) is 5.15 Å². The Balaban J connectivity index is 2.09. The molecule has 0 aliphatic heterocycles. The van der Waals surface area contributed by atoms with Crippen molar-refractivity contribution < 1.29 is 18.7 Å². The van der Waals surface area contributed by atoms with Crippen molar-refractivity contribution in [3.63, 3.8) is 0 Å². The van der Waals surface area contributed by atoms with E-state index in [0.29, 0.717) is 0 Å². The molecule has 0 saturated carbocycles. The maximum atomic E-state index is 13.5. The van der Waals surface area contributed by atoms with Crippen molar-refractivity contribution in [1.29, 1.82) is 0 Å². The summed E-state index contributed by atoms with van der Waals surface area (Å²) in [5.74, 6) is -2.03. The Bertz CT molecular complexity index is 878. The normalized spacial score (nSPS) is 10.8. The molecule has 0 atom stereocenters. The van der Waals surface area contributed by atoms with Crippen LogP contribution in [-0.4, -0.2) is 29.3 Å². The van der Waals surface area contributed by atoms with E-state index in [4.69, 9.17) is 16.3 Å². The average Bonchev–Trinajstić information content (AvgIpc) is 2.83. The quantitative estimate of drug-likeness (QED) is 0.468. The number of esters is 1. The van der Waals surface area contributed by atoms with Crippen LogP contribution in [0.3, 0.4) is 0 Å². The molecule has 1 aromatic heterocycles. The van der Waals surface area contributed by atoms with Gasteiger partial charge in [-0.15, -0.1) is 0 Å². The van der Waals surface area contributed by atoms with Crippen molar-refractivity contribution in [2.24, 2.45) is 5.10 Å². The fourth-order valence-corrected chi connectivity index (χ4v) is 2.91. The van der Waals surface area contributed by atoms with Gasteiger partial charge >= 0.3 is 10.8 Å². The first-order valence-electron chi connectivity index (χ1n) is 7.06. The molecule has 1 heterocycles. The summed E-state index contributed by atoms with van der Waals surface area (Å²) in [6, 6.07) is 5.43. The lowest BCUT2D eigenvalue weighted by atomic mass is 10.2. The van der Waals surface area contributed by atoms with Gasteiger partial charge in [0.2, 0.25) is 0 Å². The number of carbonyl (C=O) groups is 2. The molecule has 132 valence electrons. The van der Waals surface area contributed by atoms with Crippen molar-refractivity contribution in [2.75, 3.05) is 6.61 Å². The van der Waals surface area contributed by atoms with E-state index in [1.54, 1.807) is 6.92 Å². The van der Waals surface area contributed by atoms with Crippen LogP contribution in [0.15, 0.2) is 34.2 Å². The first-order chi connectivity index (χ1) is 11.9. The molecule has 0 aliphatic rings. The predicted molar refractivity (Wildman–Crippen MR) is 91.7 cm³/mol. The third-order valence-electron chi connectivity index (χ3n) is 2.92. The number of nitrogens with zero attached hydrogens (tertiary/aromatic N) is 2. The van der Waals surface area contributed by atoms with Gasteiger partial charge in [0.15, 0.2) is 0 Å². The number of aromatic nitrogens is 1. The van der Waals surface area contributed by atoms with Crippen LogP contribution in [0.1, 0.15) is 22.2 Å². The van der Waals surface area contributed by atoms with Gasteiger partial charge in [-0.1, -0.05) is 35.1 Å².